The van der Waals surface area contributed by atoms with Crippen LogP contribution in [0.2, 0.25) is 0 Å². The molecule has 0 atom stereocenters. The first-order valence-electron chi connectivity index (χ1n) is 19.4. The Bertz CT molecular complexity index is 3030. The molecule has 2 heterocycles. The van der Waals surface area contributed by atoms with Crippen molar-refractivity contribution in [1.82, 2.24) is 14.1 Å². The molecule has 0 bridgehead atoms. The van der Waals surface area contributed by atoms with Gasteiger partial charge in [0.2, 0.25) is 0 Å². The molecule has 3 nitrogen and oxygen atoms in total. The molecule has 3 heteroatoms. The van der Waals surface area contributed by atoms with Crippen LogP contribution in [0.1, 0.15) is 26.6 Å². The standard InChI is InChI=1S/C53H41N3/c1-53(2,3)52-54-46-30-14-19-35-51(46)56(52)50-34-18-11-27-43(50)41-25-9-7-23-39(41)37-21-5-4-20-36(37)38-22-6-8-24-40(38)42-26-10-15-31-47(42)55-48-32-16-12-28-44(48)45-29-13-17-33-49(45)55/h4-35H,1-3H3. The van der Waals surface area contributed by atoms with Crippen molar-refractivity contribution in [2.75, 3.05) is 0 Å². The molecule has 0 spiro atoms. The second-order valence-electron chi connectivity index (χ2n) is 15.6. The van der Waals surface area contributed by atoms with E-state index in [9.17, 15) is 0 Å². The lowest BCUT2D eigenvalue weighted by molar-refractivity contribution is 0.539. The summed E-state index contributed by atoms with van der Waals surface area (Å²) < 4.78 is 4.80. The van der Waals surface area contributed by atoms with Gasteiger partial charge in [-0.05, 0) is 69.8 Å². The van der Waals surface area contributed by atoms with Crippen LogP contribution < -0.4 is 0 Å². The molecule has 0 aliphatic heterocycles. The zero-order valence-electron chi connectivity index (χ0n) is 31.8. The van der Waals surface area contributed by atoms with Gasteiger partial charge in [0, 0.05) is 27.3 Å². The van der Waals surface area contributed by atoms with E-state index in [4.69, 9.17) is 4.98 Å². The van der Waals surface area contributed by atoms with Gasteiger partial charge in [0.25, 0.3) is 0 Å². The fourth-order valence-electron chi connectivity index (χ4n) is 8.61. The molecule has 10 rings (SSSR count). The van der Waals surface area contributed by atoms with Gasteiger partial charge in [0.15, 0.2) is 0 Å². The molecule has 0 amide bonds. The average molecular weight is 720 g/mol. The van der Waals surface area contributed by atoms with Crippen LogP contribution in [0, 0.1) is 0 Å². The summed E-state index contributed by atoms with van der Waals surface area (Å²) in [5, 5.41) is 2.51. The fraction of sp³-hybridized carbons (Fsp3) is 0.0755. The van der Waals surface area contributed by atoms with Crippen molar-refractivity contribution in [3.05, 3.63) is 200 Å². The number of hydrogen-bond acceptors (Lipinski definition) is 1. The highest BCUT2D eigenvalue weighted by Gasteiger charge is 2.26. The van der Waals surface area contributed by atoms with E-state index in [0.29, 0.717) is 0 Å². The van der Waals surface area contributed by atoms with E-state index < -0.39 is 0 Å². The molecule has 2 aromatic heterocycles. The minimum absolute atomic E-state index is 0.169. The van der Waals surface area contributed by atoms with Crippen molar-refractivity contribution in [2.24, 2.45) is 0 Å². The monoisotopic (exact) mass is 719 g/mol. The summed E-state index contributed by atoms with van der Waals surface area (Å²) in [6.45, 7) is 6.73. The maximum atomic E-state index is 5.19. The van der Waals surface area contributed by atoms with Crippen molar-refractivity contribution < 1.29 is 0 Å². The minimum atomic E-state index is -0.169. The molecule has 10 aromatic rings. The van der Waals surface area contributed by atoms with Gasteiger partial charge in [-0.25, -0.2) is 4.98 Å². The molecule has 0 N–H and O–H groups in total. The lowest BCUT2D eigenvalue weighted by Crippen LogP contribution is -2.18. The highest BCUT2D eigenvalue weighted by Crippen LogP contribution is 2.45. The number of nitrogens with zero attached hydrogens (tertiary/aromatic N) is 3. The number of aromatic nitrogens is 3. The van der Waals surface area contributed by atoms with Gasteiger partial charge < -0.3 is 4.57 Å². The van der Waals surface area contributed by atoms with E-state index in [1.165, 1.54) is 60.8 Å². The third kappa shape index (κ3) is 5.47. The van der Waals surface area contributed by atoms with Crippen LogP contribution in [0.25, 0.3) is 88.7 Å². The average Bonchev–Trinajstić information content (AvgIpc) is 3.81. The Hall–Kier alpha value is -6.97. The zero-order chi connectivity index (χ0) is 37.8. The lowest BCUT2D eigenvalue weighted by atomic mass is 9.86. The van der Waals surface area contributed by atoms with Crippen LogP contribution in [0.5, 0.6) is 0 Å². The van der Waals surface area contributed by atoms with E-state index in [2.05, 4.69) is 224 Å². The summed E-state index contributed by atoms with van der Waals surface area (Å²) in [4.78, 5) is 5.19. The summed E-state index contributed by atoms with van der Waals surface area (Å²) in [6.07, 6.45) is 0. The molecule has 0 aliphatic rings. The Morgan fingerprint density at radius 2 is 0.643 bits per heavy atom. The van der Waals surface area contributed by atoms with Gasteiger partial charge in [-0.2, -0.15) is 0 Å². The van der Waals surface area contributed by atoms with Gasteiger partial charge in [-0.1, -0.05) is 178 Å². The Morgan fingerprint density at radius 1 is 0.321 bits per heavy atom. The summed E-state index contributed by atoms with van der Waals surface area (Å²) in [6, 6.07) is 70.2. The summed E-state index contributed by atoms with van der Waals surface area (Å²) >= 11 is 0. The number of fused-ring (bicyclic) bond motifs is 4. The zero-order valence-corrected chi connectivity index (χ0v) is 31.8. The van der Waals surface area contributed by atoms with Crippen LogP contribution in [0.15, 0.2) is 194 Å². The van der Waals surface area contributed by atoms with E-state index in [1.54, 1.807) is 0 Å². The summed E-state index contributed by atoms with van der Waals surface area (Å²) in [5.74, 6) is 1.04. The quantitative estimate of drug-likeness (QED) is 0.168. The van der Waals surface area contributed by atoms with E-state index in [1.807, 2.05) is 0 Å². The molecule has 0 aliphatic carbocycles. The van der Waals surface area contributed by atoms with Gasteiger partial charge in [-0.15, -0.1) is 0 Å². The predicted octanol–water partition coefficient (Wildman–Crippen LogP) is 14.1. The topological polar surface area (TPSA) is 22.8 Å². The van der Waals surface area contributed by atoms with Gasteiger partial charge >= 0.3 is 0 Å². The second kappa shape index (κ2) is 13.4. The van der Waals surface area contributed by atoms with E-state index in [-0.39, 0.29) is 5.41 Å². The van der Waals surface area contributed by atoms with E-state index in [0.717, 1.165) is 33.8 Å². The third-order valence-corrected chi connectivity index (χ3v) is 11.0. The molecule has 268 valence electrons. The number of rotatable bonds is 6. The van der Waals surface area contributed by atoms with E-state index >= 15 is 0 Å². The first-order chi connectivity index (χ1) is 27.5. The van der Waals surface area contributed by atoms with Crippen molar-refractivity contribution in [2.45, 2.75) is 26.2 Å². The van der Waals surface area contributed by atoms with Crippen LogP contribution >= 0.6 is 0 Å². The molecular weight excluding hydrogens is 679 g/mol. The normalized spacial score (nSPS) is 11.8. The Morgan fingerprint density at radius 3 is 1.09 bits per heavy atom. The molecular formula is C53H41N3. The van der Waals surface area contributed by atoms with Gasteiger partial charge in [0.05, 0.1) is 33.4 Å². The third-order valence-electron chi connectivity index (χ3n) is 11.0. The van der Waals surface area contributed by atoms with Crippen LogP contribution in [0.3, 0.4) is 0 Å². The largest absolute Gasteiger partial charge is 0.309 e. The first-order valence-corrected chi connectivity index (χ1v) is 19.4. The molecule has 0 saturated heterocycles. The lowest BCUT2D eigenvalue weighted by Gasteiger charge is -2.23. The van der Waals surface area contributed by atoms with Gasteiger partial charge in [0.1, 0.15) is 5.82 Å². The maximum absolute atomic E-state index is 5.19. The molecule has 8 aromatic carbocycles. The van der Waals surface area contributed by atoms with Crippen molar-refractivity contribution in [1.29, 1.82) is 0 Å². The Labute approximate surface area is 327 Å². The molecule has 0 unspecified atom stereocenters. The minimum Gasteiger partial charge on any atom is -0.309 e. The Kier molecular flexibility index (Phi) is 8.04. The molecule has 56 heavy (non-hydrogen) atoms. The van der Waals surface area contributed by atoms with Crippen LogP contribution in [-0.4, -0.2) is 14.1 Å². The number of imidazole rings is 1. The smallest absolute Gasteiger partial charge is 0.119 e. The maximum Gasteiger partial charge on any atom is 0.119 e. The molecule has 0 fully saturated rings. The number of hydrogen-bond donors (Lipinski definition) is 0. The fourth-order valence-corrected chi connectivity index (χ4v) is 8.61. The predicted molar refractivity (Wildman–Crippen MR) is 236 cm³/mol. The van der Waals surface area contributed by atoms with Crippen LogP contribution in [0.4, 0.5) is 0 Å². The molecule has 0 saturated carbocycles. The summed E-state index contributed by atoms with van der Waals surface area (Å²) in [7, 11) is 0. The van der Waals surface area contributed by atoms with Crippen molar-refractivity contribution in [3.63, 3.8) is 0 Å². The van der Waals surface area contributed by atoms with Crippen molar-refractivity contribution in [3.8, 4) is 55.9 Å². The Balaban J connectivity index is 1.17. The highest BCUT2D eigenvalue weighted by atomic mass is 15.1. The number of benzene rings is 8. The highest BCUT2D eigenvalue weighted by molar-refractivity contribution is 6.10. The van der Waals surface area contributed by atoms with Crippen LogP contribution in [-0.2, 0) is 5.41 Å². The summed E-state index contributed by atoms with van der Waals surface area (Å²) in [5.41, 5.74) is 16.1. The number of para-hydroxylation sites is 6. The molecule has 0 radical (unpaired) electrons. The second-order valence-corrected chi connectivity index (χ2v) is 15.6. The van der Waals surface area contributed by atoms with Gasteiger partial charge in [-0.3, -0.25) is 4.57 Å². The SMILES string of the molecule is CC(C)(C)c1nc2ccccc2n1-c1ccccc1-c1ccccc1-c1ccccc1-c1ccccc1-c1ccccc1-n1c2ccccc2c2ccccc21. The van der Waals surface area contributed by atoms with Crippen molar-refractivity contribution >= 4 is 32.8 Å². The first kappa shape index (κ1) is 33.6.